The molecule has 0 aliphatic heterocycles. The fourth-order valence-electron chi connectivity index (χ4n) is 0.939. The number of benzene rings is 1. The van der Waals surface area contributed by atoms with Crippen LogP contribution in [0.1, 0.15) is 18.9 Å². The van der Waals surface area contributed by atoms with Crippen molar-refractivity contribution in [1.29, 1.82) is 0 Å². The zero-order valence-electron chi connectivity index (χ0n) is 9.06. The summed E-state index contributed by atoms with van der Waals surface area (Å²) in [7, 11) is -3.46. The first-order valence-corrected chi connectivity index (χ1v) is 7.44. The van der Waals surface area contributed by atoms with Gasteiger partial charge in [0.25, 0.3) is 0 Å². The summed E-state index contributed by atoms with van der Waals surface area (Å²) in [6, 6.07) is 6.68. The molecule has 0 saturated heterocycles. The Morgan fingerprint density at radius 3 is 2.44 bits per heavy atom. The van der Waals surface area contributed by atoms with Gasteiger partial charge in [-0.1, -0.05) is 36.8 Å². The minimum atomic E-state index is -3.46. The van der Waals surface area contributed by atoms with Crippen molar-refractivity contribution in [2.45, 2.75) is 25.2 Å². The smallest absolute Gasteiger partial charge is 0.206 e. The average Bonchev–Trinajstić information content (AvgIpc) is 2.26. The molecular formula is C10H13NO2S3. The first-order valence-electron chi connectivity index (χ1n) is 4.74. The van der Waals surface area contributed by atoms with Crippen LogP contribution in [0.5, 0.6) is 0 Å². The van der Waals surface area contributed by atoms with Crippen LogP contribution in [0.3, 0.4) is 0 Å². The average molecular weight is 275 g/mol. The van der Waals surface area contributed by atoms with Crippen molar-refractivity contribution in [1.82, 2.24) is 4.13 Å². The van der Waals surface area contributed by atoms with Gasteiger partial charge < -0.3 is 0 Å². The van der Waals surface area contributed by atoms with Crippen molar-refractivity contribution in [2.75, 3.05) is 0 Å². The fourth-order valence-corrected chi connectivity index (χ4v) is 3.08. The summed E-state index contributed by atoms with van der Waals surface area (Å²) in [5, 5.41) is 0. The minimum Gasteiger partial charge on any atom is -0.206 e. The molecule has 0 fully saturated rings. The number of hydrogen-bond acceptors (Lipinski definition) is 4. The molecular weight excluding hydrogens is 262 g/mol. The lowest BCUT2D eigenvalue weighted by molar-refractivity contribution is 0.594. The van der Waals surface area contributed by atoms with Crippen LogP contribution in [0.4, 0.5) is 0 Å². The van der Waals surface area contributed by atoms with Gasteiger partial charge in [-0.3, -0.25) is 0 Å². The van der Waals surface area contributed by atoms with E-state index < -0.39 is 10.0 Å². The Kier molecular flexibility index (Phi) is 4.91. The van der Waals surface area contributed by atoms with E-state index in [-0.39, 0.29) is 4.90 Å². The Labute approximate surface area is 106 Å². The third-order valence-corrected chi connectivity index (χ3v) is 5.04. The predicted molar refractivity (Wildman–Crippen MR) is 72.0 cm³/mol. The number of hydrogen-bond donors (Lipinski definition) is 1. The standard InChI is InChI=1S/C10H13NO2S3/c1-3-10(14)15-11-16(12,13)9-6-4-8(2)5-7-9/h4-7,11H,3H2,1-2H3. The highest BCUT2D eigenvalue weighted by Crippen LogP contribution is 2.13. The number of rotatable bonds is 4. The van der Waals surface area contributed by atoms with E-state index in [4.69, 9.17) is 12.2 Å². The number of sulfonamides is 1. The largest absolute Gasteiger partial charge is 0.250 e. The molecule has 1 aromatic carbocycles. The molecule has 0 radical (unpaired) electrons. The molecule has 0 aromatic heterocycles. The highest BCUT2D eigenvalue weighted by atomic mass is 32.3. The summed E-state index contributed by atoms with van der Waals surface area (Å²) in [5.74, 6) is 0. The van der Waals surface area contributed by atoms with Crippen LogP contribution in [-0.4, -0.2) is 12.6 Å². The van der Waals surface area contributed by atoms with E-state index in [9.17, 15) is 8.42 Å². The summed E-state index contributed by atoms with van der Waals surface area (Å²) in [5.41, 5.74) is 1.02. The third kappa shape index (κ3) is 3.86. The van der Waals surface area contributed by atoms with Gasteiger partial charge in [-0.15, -0.1) is 4.13 Å². The van der Waals surface area contributed by atoms with Crippen LogP contribution in [0.25, 0.3) is 0 Å². The van der Waals surface area contributed by atoms with Gasteiger partial charge in [0.15, 0.2) is 0 Å². The van der Waals surface area contributed by atoms with Crippen molar-refractivity contribution < 1.29 is 8.42 Å². The van der Waals surface area contributed by atoms with Crippen molar-refractivity contribution in [2.24, 2.45) is 0 Å². The molecule has 1 N–H and O–H groups in total. The Morgan fingerprint density at radius 1 is 1.38 bits per heavy atom. The second kappa shape index (κ2) is 5.77. The van der Waals surface area contributed by atoms with Crippen LogP contribution < -0.4 is 4.13 Å². The maximum Gasteiger partial charge on any atom is 0.250 e. The molecule has 0 aliphatic rings. The molecule has 3 nitrogen and oxygen atoms in total. The molecule has 0 spiro atoms. The van der Waals surface area contributed by atoms with Crippen molar-refractivity contribution >= 4 is 38.4 Å². The zero-order chi connectivity index (χ0) is 12.2. The van der Waals surface area contributed by atoms with Crippen LogP contribution in [0.2, 0.25) is 0 Å². The lowest BCUT2D eigenvalue weighted by atomic mass is 10.2. The van der Waals surface area contributed by atoms with E-state index >= 15 is 0 Å². The van der Waals surface area contributed by atoms with Gasteiger partial charge in [0, 0.05) is 0 Å². The van der Waals surface area contributed by atoms with Gasteiger partial charge >= 0.3 is 0 Å². The van der Waals surface area contributed by atoms with Gasteiger partial charge in [0.2, 0.25) is 10.0 Å². The lowest BCUT2D eigenvalue weighted by Crippen LogP contribution is -2.18. The van der Waals surface area contributed by atoms with Crippen LogP contribution >= 0.6 is 24.2 Å². The summed E-state index contributed by atoms with van der Waals surface area (Å²) >= 11 is 5.91. The maximum absolute atomic E-state index is 11.8. The first-order chi connectivity index (χ1) is 7.45. The van der Waals surface area contributed by atoms with E-state index in [0.717, 1.165) is 17.5 Å². The normalized spacial score (nSPS) is 11.4. The van der Waals surface area contributed by atoms with Crippen molar-refractivity contribution in [3.63, 3.8) is 0 Å². The van der Waals surface area contributed by atoms with Crippen LogP contribution in [-0.2, 0) is 10.0 Å². The van der Waals surface area contributed by atoms with Crippen LogP contribution in [0.15, 0.2) is 29.2 Å². The minimum absolute atomic E-state index is 0.254. The van der Waals surface area contributed by atoms with Gasteiger partial charge in [-0.25, -0.2) is 8.42 Å². The van der Waals surface area contributed by atoms with E-state index in [1.165, 1.54) is 0 Å². The SMILES string of the molecule is CCC(=S)SNS(=O)(=O)c1ccc(C)cc1. The molecule has 88 valence electrons. The molecule has 0 unspecified atom stereocenters. The molecule has 1 aromatic rings. The highest BCUT2D eigenvalue weighted by Gasteiger charge is 2.13. The number of thiocarbonyl (C=S) groups is 1. The Balaban J connectivity index is 2.78. The molecule has 0 atom stereocenters. The van der Waals surface area contributed by atoms with Crippen molar-refractivity contribution in [3.8, 4) is 0 Å². The van der Waals surface area contributed by atoms with E-state index in [1.807, 2.05) is 13.8 Å². The van der Waals surface area contributed by atoms with Crippen molar-refractivity contribution in [3.05, 3.63) is 29.8 Å². The molecule has 6 heteroatoms. The lowest BCUT2D eigenvalue weighted by Gasteiger charge is -2.05. The van der Waals surface area contributed by atoms with Gasteiger partial charge in [0.05, 0.1) is 9.09 Å². The zero-order valence-corrected chi connectivity index (χ0v) is 11.5. The summed E-state index contributed by atoms with van der Waals surface area (Å²) in [4.78, 5) is 0.254. The van der Waals surface area contributed by atoms with Gasteiger partial charge in [-0.05, 0) is 37.4 Å². The van der Waals surface area contributed by atoms with E-state index in [1.54, 1.807) is 24.3 Å². The third-order valence-electron chi connectivity index (χ3n) is 1.89. The Hall–Kier alpha value is -0.430. The molecule has 0 amide bonds. The second-order valence-corrected chi connectivity index (χ2v) is 6.82. The fraction of sp³-hybridized carbons (Fsp3) is 0.300. The Morgan fingerprint density at radius 2 is 1.94 bits per heavy atom. The maximum atomic E-state index is 11.8. The van der Waals surface area contributed by atoms with E-state index in [0.29, 0.717) is 10.6 Å². The number of nitrogens with one attached hydrogen (secondary N) is 1. The summed E-state index contributed by atoms with van der Waals surface area (Å²) in [6.45, 7) is 3.79. The molecule has 16 heavy (non-hydrogen) atoms. The monoisotopic (exact) mass is 275 g/mol. The molecule has 1 rings (SSSR count). The molecule has 0 bridgehead atoms. The molecule has 0 heterocycles. The van der Waals surface area contributed by atoms with Crippen LogP contribution in [0, 0.1) is 6.92 Å². The van der Waals surface area contributed by atoms with E-state index in [2.05, 4.69) is 4.13 Å². The quantitative estimate of drug-likeness (QED) is 0.678. The topological polar surface area (TPSA) is 46.2 Å². The highest BCUT2D eigenvalue weighted by molar-refractivity contribution is 8.26. The summed E-state index contributed by atoms with van der Waals surface area (Å²) < 4.78 is 26.6. The molecule has 0 aliphatic carbocycles. The summed E-state index contributed by atoms with van der Waals surface area (Å²) in [6.07, 6.45) is 0.663. The van der Waals surface area contributed by atoms with Gasteiger partial charge in [0.1, 0.15) is 0 Å². The van der Waals surface area contributed by atoms with Gasteiger partial charge in [-0.2, -0.15) is 0 Å². The first kappa shape index (κ1) is 13.6. The Bertz CT molecular complexity index is 465. The number of aryl methyl sites for hydroxylation is 1. The molecule has 0 saturated carbocycles. The second-order valence-electron chi connectivity index (χ2n) is 3.23. The predicted octanol–water partition coefficient (Wildman–Crippen LogP) is 2.66.